The first-order chi connectivity index (χ1) is 9.79. The Morgan fingerprint density at radius 2 is 2.14 bits per heavy atom. The first-order valence-electron chi connectivity index (χ1n) is 6.27. The zero-order valence-corrected chi connectivity index (χ0v) is 13.2. The summed E-state index contributed by atoms with van der Waals surface area (Å²) in [6.07, 6.45) is 0. The van der Waals surface area contributed by atoms with Gasteiger partial charge in [0.15, 0.2) is 0 Å². The normalized spacial score (nSPS) is 13.7. The second-order valence-electron chi connectivity index (χ2n) is 4.96. The van der Waals surface area contributed by atoms with Gasteiger partial charge < -0.3 is 14.8 Å². The van der Waals surface area contributed by atoms with Crippen LogP contribution < -0.4 is 5.32 Å². The van der Waals surface area contributed by atoms with Gasteiger partial charge in [0, 0.05) is 10.5 Å². The topological polar surface area (TPSA) is 88.5 Å². The Hall–Kier alpha value is -1.86. The number of hydrogen-bond donors (Lipinski definition) is 2. The number of nitrogens with zero attached hydrogens (tertiary/aromatic N) is 1. The van der Waals surface area contributed by atoms with E-state index in [1.54, 1.807) is 38.1 Å². The standard InChI is InChI=1S/C14H15BrN2O4/c1-9-3-6-13(21-9)14(2,18)8-16-11-5-4-10(15)7-12(11)17(19)20/h3-7,16,18H,8H2,1-2H3. The van der Waals surface area contributed by atoms with Gasteiger partial charge in [0.2, 0.25) is 0 Å². The summed E-state index contributed by atoms with van der Waals surface area (Å²) in [6.45, 7) is 3.46. The molecule has 0 radical (unpaired) electrons. The summed E-state index contributed by atoms with van der Waals surface area (Å²) >= 11 is 3.20. The van der Waals surface area contributed by atoms with E-state index in [2.05, 4.69) is 21.2 Å². The molecule has 2 N–H and O–H groups in total. The third-order valence-corrected chi connectivity index (χ3v) is 3.54. The van der Waals surface area contributed by atoms with Gasteiger partial charge in [0.05, 0.1) is 11.5 Å². The molecule has 2 aromatic rings. The smallest absolute Gasteiger partial charge is 0.293 e. The number of halogens is 1. The Morgan fingerprint density at radius 3 is 2.71 bits per heavy atom. The van der Waals surface area contributed by atoms with Crippen molar-refractivity contribution in [3.63, 3.8) is 0 Å². The molecule has 0 aliphatic heterocycles. The molecule has 1 atom stereocenters. The van der Waals surface area contributed by atoms with Gasteiger partial charge in [-0.1, -0.05) is 15.9 Å². The summed E-state index contributed by atoms with van der Waals surface area (Å²) in [5.41, 5.74) is -0.989. The predicted octanol–water partition coefficient (Wildman–Crippen LogP) is 3.58. The molecule has 7 heteroatoms. The molecular formula is C14H15BrN2O4. The molecule has 1 unspecified atom stereocenters. The summed E-state index contributed by atoms with van der Waals surface area (Å²) in [6, 6.07) is 8.14. The first kappa shape index (κ1) is 15.5. The summed E-state index contributed by atoms with van der Waals surface area (Å²) in [7, 11) is 0. The maximum atomic E-state index is 11.0. The van der Waals surface area contributed by atoms with Crippen LogP contribution in [0.2, 0.25) is 0 Å². The molecular weight excluding hydrogens is 340 g/mol. The van der Waals surface area contributed by atoms with Crippen LogP contribution in [0.3, 0.4) is 0 Å². The highest BCUT2D eigenvalue weighted by molar-refractivity contribution is 9.10. The monoisotopic (exact) mass is 354 g/mol. The van der Waals surface area contributed by atoms with E-state index in [1.807, 2.05) is 0 Å². The average molecular weight is 355 g/mol. The van der Waals surface area contributed by atoms with Gasteiger partial charge in [-0.3, -0.25) is 10.1 Å². The Kier molecular flexibility index (Phi) is 4.34. The van der Waals surface area contributed by atoms with Gasteiger partial charge in [0.1, 0.15) is 22.8 Å². The number of aryl methyl sites for hydroxylation is 1. The average Bonchev–Trinajstić information content (AvgIpc) is 2.84. The molecule has 1 aromatic carbocycles. The molecule has 0 aliphatic carbocycles. The molecule has 2 rings (SSSR count). The lowest BCUT2D eigenvalue weighted by molar-refractivity contribution is -0.384. The lowest BCUT2D eigenvalue weighted by Gasteiger charge is -2.21. The van der Waals surface area contributed by atoms with Gasteiger partial charge >= 0.3 is 0 Å². The number of aliphatic hydroxyl groups is 1. The van der Waals surface area contributed by atoms with Gasteiger partial charge in [-0.05, 0) is 38.1 Å². The van der Waals surface area contributed by atoms with E-state index in [0.29, 0.717) is 21.7 Å². The highest BCUT2D eigenvalue weighted by atomic mass is 79.9. The minimum absolute atomic E-state index is 0.0594. The Labute approximate surface area is 130 Å². The van der Waals surface area contributed by atoms with Gasteiger partial charge in [-0.15, -0.1) is 0 Å². The minimum Gasteiger partial charge on any atom is -0.463 e. The molecule has 0 amide bonds. The van der Waals surface area contributed by atoms with Crippen molar-refractivity contribution in [2.45, 2.75) is 19.4 Å². The second kappa shape index (κ2) is 5.87. The minimum atomic E-state index is -1.27. The molecule has 0 aliphatic rings. The van der Waals surface area contributed by atoms with Crippen LogP contribution in [0.1, 0.15) is 18.4 Å². The van der Waals surface area contributed by atoms with E-state index in [1.165, 1.54) is 6.07 Å². The molecule has 112 valence electrons. The lowest BCUT2D eigenvalue weighted by atomic mass is 10.0. The first-order valence-corrected chi connectivity index (χ1v) is 7.06. The van der Waals surface area contributed by atoms with Crippen LogP contribution >= 0.6 is 15.9 Å². The van der Waals surface area contributed by atoms with Gasteiger partial charge in [-0.25, -0.2) is 0 Å². The fraction of sp³-hybridized carbons (Fsp3) is 0.286. The van der Waals surface area contributed by atoms with E-state index < -0.39 is 10.5 Å². The van der Waals surface area contributed by atoms with E-state index >= 15 is 0 Å². The summed E-state index contributed by atoms with van der Waals surface area (Å²) in [5, 5.41) is 24.3. The van der Waals surface area contributed by atoms with Crippen molar-refractivity contribution in [3.8, 4) is 0 Å². The van der Waals surface area contributed by atoms with Crippen LogP contribution in [0, 0.1) is 17.0 Å². The fourth-order valence-electron chi connectivity index (χ4n) is 1.88. The van der Waals surface area contributed by atoms with Crippen molar-refractivity contribution >= 4 is 27.3 Å². The summed E-state index contributed by atoms with van der Waals surface area (Å²) < 4.78 is 6.02. The number of benzene rings is 1. The van der Waals surface area contributed by atoms with Crippen LogP contribution in [0.25, 0.3) is 0 Å². The highest BCUT2D eigenvalue weighted by Crippen LogP contribution is 2.30. The quantitative estimate of drug-likeness (QED) is 0.632. The SMILES string of the molecule is Cc1ccc(C(C)(O)CNc2ccc(Br)cc2[N+](=O)[O-])o1. The molecule has 6 nitrogen and oxygen atoms in total. The van der Waals surface area contributed by atoms with Crippen LogP contribution in [0.5, 0.6) is 0 Å². The largest absolute Gasteiger partial charge is 0.463 e. The van der Waals surface area contributed by atoms with E-state index in [-0.39, 0.29) is 12.2 Å². The lowest BCUT2D eigenvalue weighted by Crippen LogP contribution is -2.30. The summed E-state index contributed by atoms with van der Waals surface area (Å²) in [5.74, 6) is 1.10. The predicted molar refractivity (Wildman–Crippen MR) is 82.3 cm³/mol. The number of nitro groups is 1. The van der Waals surface area contributed by atoms with Crippen molar-refractivity contribution < 1.29 is 14.4 Å². The van der Waals surface area contributed by atoms with E-state index in [9.17, 15) is 15.2 Å². The maximum Gasteiger partial charge on any atom is 0.293 e. The Bertz CT molecular complexity index is 667. The van der Waals surface area contributed by atoms with Gasteiger partial charge in [-0.2, -0.15) is 0 Å². The van der Waals surface area contributed by atoms with E-state index in [4.69, 9.17) is 4.42 Å². The zero-order chi connectivity index (χ0) is 15.6. The van der Waals surface area contributed by atoms with Crippen LogP contribution in [0.15, 0.2) is 39.2 Å². The number of nitrogens with one attached hydrogen (secondary N) is 1. The molecule has 0 saturated carbocycles. The third kappa shape index (κ3) is 3.62. The second-order valence-corrected chi connectivity index (χ2v) is 5.87. The van der Waals surface area contributed by atoms with E-state index in [0.717, 1.165) is 0 Å². The van der Waals surface area contributed by atoms with Crippen molar-refractivity contribution in [3.05, 3.63) is 56.4 Å². The molecule has 0 fully saturated rings. The van der Waals surface area contributed by atoms with Crippen LogP contribution in [-0.2, 0) is 5.60 Å². The molecule has 0 spiro atoms. The van der Waals surface area contributed by atoms with Crippen LogP contribution in [0.4, 0.5) is 11.4 Å². The molecule has 0 bridgehead atoms. The number of hydrogen-bond acceptors (Lipinski definition) is 5. The Balaban J connectivity index is 2.18. The number of furan rings is 1. The van der Waals surface area contributed by atoms with Crippen molar-refractivity contribution in [1.29, 1.82) is 0 Å². The number of rotatable bonds is 5. The number of anilines is 1. The molecule has 21 heavy (non-hydrogen) atoms. The number of nitro benzene ring substituents is 1. The molecule has 1 aromatic heterocycles. The van der Waals surface area contributed by atoms with Crippen molar-refractivity contribution in [1.82, 2.24) is 0 Å². The zero-order valence-electron chi connectivity index (χ0n) is 11.6. The van der Waals surface area contributed by atoms with Crippen molar-refractivity contribution in [2.75, 3.05) is 11.9 Å². The Morgan fingerprint density at radius 1 is 1.43 bits per heavy atom. The highest BCUT2D eigenvalue weighted by Gasteiger charge is 2.27. The summed E-state index contributed by atoms with van der Waals surface area (Å²) in [4.78, 5) is 10.6. The fourth-order valence-corrected chi connectivity index (χ4v) is 2.23. The molecule has 1 heterocycles. The van der Waals surface area contributed by atoms with Crippen molar-refractivity contribution in [2.24, 2.45) is 0 Å². The molecule has 0 saturated heterocycles. The van der Waals surface area contributed by atoms with Gasteiger partial charge in [0.25, 0.3) is 5.69 Å². The maximum absolute atomic E-state index is 11.0. The third-order valence-electron chi connectivity index (χ3n) is 3.05. The van der Waals surface area contributed by atoms with Crippen LogP contribution in [-0.4, -0.2) is 16.6 Å².